The van der Waals surface area contributed by atoms with E-state index in [9.17, 15) is 4.79 Å². The Hall–Kier alpha value is -0.870. The van der Waals surface area contributed by atoms with E-state index in [1.54, 1.807) is 0 Å². The van der Waals surface area contributed by atoms with Crippen LogP contribution in [0.1, 0.15) is 23.2 Å². The molecule has 0 spiro atoms. The molecule has 0 bridgehead atoms. The first-order chi connectivity index (χ1) is 9.25. The predicted molar refractivity (Wildman–Crippen MR) is 79.1 cm³/mol. The quantitative estimate of drug-likeness (QED) is 0.861. The van der Waals surface area contributed by atoms with Gasteiger partial charge in [-0.1, -0.05) is 12.1 Å². The van der Waals surface area contributed by atoms with E-state index < -0.39 is 0 Å². The minimum atomic E-state index is 0.167. The van der Waals surface area contributed by atoms with Gasteiger partial charge in [-0.05, 0) is 65.8 Å². The van der Waals surface area contributed by atoms with Crippen LogP contribution >= 0.6 is 15.9 Å². The van der Waals surface area contributed by atoms with Crippen LogP contribution in [0.15, 0.2) is 28.7 Å². The Bertz CT molecular complexity index is 463. The molecular weight excluding hydrogens is 304 g/mol. The number of hydrogen-bond donors (Lipinski definition) is 1. The lowest BCUT2D eigenvalue weighted by Gasteiger charge is -2.21. The molecule has 0 radical (unpaired) electrons. The summed E-state index contributed by atoms with van der Waals surface area (Å²) in [5.74, 6) is 1.69. The van der Waals surface area contributed by atoms with E-state index in [4.69, 9.17) is 0 Å². The number of amides is 1. The number of benzene rings is 1. The zero-order valence-electron chi connectivity index (χ0n) is 10.9. The number of carbonyl (C=O) groups is 1. The molecule has 2 fully saturated rings. The van der Waals surface area contributed by atoms with Crippen LogP contribution in [-0.2, 0) is 0 Å². The average molecular weight is 323 g/mol. The van der Waals surface area contributed by atoms with Crippen LogP contribution in [0.4, 0.5) is 0 Å². The van der Waals surface area contributed by atoms with Crippen LogP contribution in [0.5, 0.6) is 0 Å². The summed E-state index contributed by atoms with van der Waals surface area (Å²) in [6, 6.07) is 7.71. The van der Waals surface area contributed by atoms with Crippen molar-refractivity contribution in [1.29, 1.82) is 0 Å². The van der Waals surface area contributed by atoms with Gasteiger partial charge < -0.3 is 10.2 Å². The number of nitrogens with zero attached hydrogens (tertiary/aromatic N) is 1. The van der Waals surface area contributed by atoms with Crippen molar-refractivity contribution >= 4 is 21.8 Å². The van der Waals surface area contributed by atoms with Crippen molar-refractivity contribution in [3.63, 3.8) is 0 Å². The molecule has 1 aromatic rings. The molecule has 0 aromatic heterocycles. The second kappa shape index (κ2) is 5.63. The van der Waals surface area contributed by atoms with Crippen molar-refractivity contribution in [2.45, 2.75) is 12.8 Å². The maximum atomic E-state index is 12.6. The van der Waals surface area contributed by atoms with E-state index in [2.05, 4.69) is 21.2 Å². The number of nitrogens with one attached hydrogen (secondary N) is 1. The molecule has 2 aliphatic rings. The number of carbonyl (C=O) groups excluding carboxylic acids is 1. The summed E-state index contributed by atoms with van der Waals surface area (Å²) in [4.78, 5) is 14.6. The Morgan fingerprint density at radius 3 is 2.42 bits per heavy atom. The highest BCUT2D eigenvalue weighted by atomic mass is 79.9. The van der Waals surface area contributed by atoms with Gasteiger partial charge in [0, 0.05) is 17.6 Å². The van der Waals surface area contributed by atoms with Crippen LogP contribution in [0.3, 0.4) is 0 Å². The maximum absolute atomic E-state index is 12.6. The molecule has 1 N–H and O–H groups in total. The molecule has 2 aliphatic heterocycles. The number of halogens is 1. The molecule has 4 heteroatoms. The van der Waals surface area contributed by atoms with Gasteiger partial charge in [0.1, 0.15) is 0 Å². The van der Waals surface area contributed by atoms with Crippen molar-refractivity contribution < 1.29 is 4.79 Å². The van der Waals surface area contributed by atoms with Gasteiger partial charge in [0.15, 0.2) is 0 Å². The minimum absolute atomic E-state index is 0.167. The molecule has 0 aliphatic carbocycles. The van der Waals surface area contributed by atoms with Gasteiger partial charge in [0.25, 0.3) is 5.91 Å². The summed E-state index contributed by atoms with van der Waals surface area (Å²) < 4.78 is 0.895. The molecule has 1 aromatic carbocycles. The zero-order chi connectivity index (χ0) is 13.2. The Balaban J connectivity index is 1.72. The molecule has 3 nitrogen and oxygen atoms in total. The SMILES string of the molecule is O=C(c1ccccc1Br)N1CC[C@@H]2CNC[C@@H]2CC1. The van der Waals surface area contributed by atoms with Crippen molar-refractivity contribution in [1.82, 2.24) is 10.2 Å². The van der Waals surface area contributed by atoms with E-state index in [1.165, 1.54) is 0 Å². The first-order valence-electron chi connectivity index (χ1n) is 7.00. The maximum Gasteiger partial charge on any atom is 0.254 e. The molecular formula is C15H19BrN2O. The highest BCUT2D eigenvalue weighted by Gasteiger charge is 2.31. The van der Waals surface area contributed by atoms with Gasteiger partial charge in [-0.3, -0.25) is 4.79 Å². The molecule has 2 saturated heterocycles. The van der Waals surface area contributed by atoms with Gasteiger partial charge in [-0.2, -0.15) is 0 Å². The summed E-state index contributed by atoms with van der Waals surface area (Å²) in [5.41, 5.74) is 0.785. The van der Waals surface area contributed by atoms with Crippen LogP contribution in [0.2, 0.25) is 0 Å². The van der Waals surface area contributed by atoms with Crippen molar-refractivity contribution in [2.75, 3.05) is 26.2 Å². The molecule has 0 unspecified atom stereocenters. The van der Waals surface area contributed by atoms with Crippen molar-refractivity contribution in [3.8, 4) is 0 Å². The summed E-state index contributed by atoms with van der Waals surface area (Å²) >= 11 is 3.47. The van der Waals surface area contributed by atoms with Crippen LogP contribution in [0.25, 0.3) is 0 Å². The fourth-order valence-electron chi connectivity index (χ4n) is 3.23. The second-order valence-electron chi connectivity index (χ2n) is 5.53. The Morgan fingerprint density at radius 2 is 1.79 bits per heavy atom. The molecule has 102 valence electrons. The van der Waals surface area contributed by atoms with Crippen LogP contribution in [-0.4, -0.2) is 37.0 Å². The standard InChI is InChI=1S/C15H19BrN2O/c16-14-4-2-1-3-13(14)15(19)18-7-5-11-9-17-10-12(11)6-8-18/h1-4,11-12,17H,5-10H2/t11-,12+. The summed E-state index contributed by atoms with van der Waals surface area (Å²) in [6.45, 7) is 4.04. The predicted octanol–water partition coefficient (Wildman–Crippen LogP) is 2.52. The van der Waals surface area contributed by atoms with E-state index >= 15 is 0 Å². The Kier molecular flexibility index (Phi) is 3.89. The topological polar surface area (TPSA) is 32.3 Å². The van der Waals surface area contributed by atoms with Crippen LogP contribution in [0, 0.1) is 11.8 Å². The van der Waals surface area contributed by atoms with Gasteiger partial charge in [-0.15, -0.1) is 0 Å². The minimum Gasteiger partial charge on any atom is -0.339 e. The van der Waals surface area contributed by atoms with Gasteiger partial charge in [0.2, 0.25) is 0 Å². The van der Waals surface area contributed by atoms with Gasteiger partial charge in [-0.25, -0.2) is 0 Å². The second-order valence-corrected chi connectivity index (χ2v) is 6.38. The van der Waals surface area contributed by atoms with E-state index in [0.29, 0.717) is 0 Å². The summed E-state index contributed by atoms with van der Waals surface area (Å²) in [7, 11) is 0. The normalized spacial score (nSPS) is 26.9. The van der Waals surface area contributed by atoms with Gasteiger partial charge in [0.05, 0.1) is 5.56 Å². The molecule has 1 amide bonds. The van der Waals surface area contributed by atoms with E-state index in [0.717, 1.165) is 60.9 Å². The fourth-order valence-corrected chi connectivity index (χ4v) is 3.68. The molecule has 2 atom stereocenters. The van der Waals surface area contributed by atoms with Crippen molar-refractivity contribution in [3.05, 3.63) is 34.3 Å². The monoisotopic (exact) mass is 322 g/mol. The molecule has 0 saturated carbocycles. The zero-order valence-corrected chi connectivity index (χ0v) is 12.5. The highest BCUT2D eigenvalue weighted by Crippen LogP contribution is 2.28. The number of rotatable bonds is 1. The van der Waals surface area contributed by atoms with E-state index in [-0.39, 0.29) is 5.91 Å². The lowest BCUT2D eigenvalue weighted by Crippen LogP contribution is -2.33. The molecule has 19 heavy (non-hydrogen) atoms. The average Bonchev–Trinajstić information content (AvgIpc) is 2.78. The van der Waals surface area contributed by atoms with E-state index in [1.807, 2.05) is 29.2 Å². The third kappa shape index (κ3) is 2.70. The highest BCUT2D eigenvalue weighted by molar-refractivity contribution is 9.10. The molecule has 2 heterocycles. The summed E-state index contributed by atoms with van der Waals surface area (Å²) in [6.07, 6.45) is 2.27. The first-order valence-corrected chi connectivity index (χ1v) is 7.79. The Morgan fingerprint density at radius 1 is 1.16 bits per heavy atom. The number of fused-ring (bicyclic) bond motifs is 1. The lowest BCUT2D eigenvalue weighted by molar-refractivity contribution is 0.0757. The fraction of sp³-hybridized carbons (Fsp3) is 0.533. The van der Waals surface area contributed by atoms with Crippen molar-refractivity contribution in [2.24, 2.45) is 11.8 Å². The summed E-state index contributed by atoms with van der Waals surface area (Å²) in [5, 5.41) is 3.47. The lowest BCUT2D eigenvalue weighted by atomic mass is 9.92. The third-order valence-electron chi connectivity index (χ3n) is 4.41. The third-order valence-corrected chi connectivity index (χ3v) is 5.10. The first kappa shape index (κ1) is 13.1. The molecule has 3 rings (SSSR count). The van der Waals surface area contributed by atoms with Crippen LogP contribution < -0.4 is 5.32 Å². The largest absolute Gasteiger partial charge is 0.339 e. The number of hydrogen-bond acceptors (Lipinski definition) is 2. The Labute approximate surface area is 122 Å². The smallest absolute Gasteiger partial charge is 0.254 e. The number of likely N-dealkylation sites (tertiary alicyclic amines) is 1. The van der Waals surface area contributed by atoms with Gasteiger partial charge >= 0.3 is 0 Å².